The predicted octanol–water partition coefficient (Wildman–Crippen LogP) is 3.43. The van der Waals surface area contributed by atoms with E-state index in [-0.39, 0.29) is 12.3 Å². The zero-order valence-electron chi connectivity index (χ0n) is 19.2. The zero-order valence-corrected chi connectivity index (χ0v) is 19.2. The number of aryl methyl sites for hydroxylation is 2. The van der Waals surface area contributed by atoms with Gasteiger partial charge in [-0.1, -0.05) is 0 Å². The molecule has 1 unspecified atom stereocenters. The van der Waals surface area contributed by atoms with Crippen LogP contribution in [0.1, 0.15) is 34.5 Å². The summed E-state index contributed by atoms with van der Waals surface area (Å²) in [6, 6.07) is 6.09. The second kappa shape index (κ2) is 7.35. The highest BCUT2D eigenvalue weighted by molar-refractivity contribution is 5.94. The molecule has 8 nitrogen and oxygen atoms in total. The number of fused-ring (bicyclic) bond motifs is 1. The van der Waals surface area contributed by atoms with Gasteiger partial charge in [0.1, 0.15) is 5.82 Å². The molecular formula is C24H26F2N6O2. The van der Waals surface area contributed by atoms with Gasteiger partial charge in [-0.2, -0.15) is 4.98 Å². The molecule has 0 N–H and O–H groups in total. The van der Waals surface area contributed by atoms with Crippen molar-refractivity contribution in [3.05, 3.63) is 41.2 Å². The first-order valence-electron chi connectivity index (χ1n) is 11.6. The van der Waals surface area contributed by atoms with Crippen molar-refractivity contribution >= 4 is 29.0 Å². The SMILES string of the molecule is Cc1ccc2oc(N3CCN(C(=O)c4cnc(N5CCC6(C5)CC6(F)F)c(C)c4)CC3)nc2n1. The van der Waals surface area contributed by atoms with E-state index < -0.39 is 11.3 Å². The van der Waals surface area contributed by atoms with Crippen LogP contribution in [-0.4, -0.2) is 71.0 Å². The van der Waals surface area contributed by atoms with Crippen LogP contribution in [0.2, 0.25) is 0 Å². The van der Waals surface area contributed by atoms with Crippen LogP contribution < -0.4 is 9.80 Å². The molecule has 1 aliphatic carbocycles. The summed E-state index contributed by atoms with van der Waals surface area (Å²) in [6.45, 7) is 6.98. The van der Waals surface area contributed by atoms with Gasteiger partial charge < -0.3 is 19.1 Å². The Hall–Kier alpha value is -3.30. The van der Waals surface area contributed by atoms with Crippen molar-refractivity contribution in [2.75, 3.05) is 49.1 Å². The van der Waals surface area contributed by atoms with Gasteiger partial charge in [0, 0.05) is 57.6 Å². The van der Waals surface area contributed by atoms with Gasteiger partial charge in [-0.25, -0.2) is 18.7 Å². The topological polar surface area (TPSA) is 78.6 Å². The largest absolute Gasteiger partial charge is 0.422 e. The Morgan fingerprint density at radius 2 is 1.82 bits per heavy atom. The van der Waals surface area contributed by atoms with E-state index in [1.807, 2.05) is 41.8 Å². The van der Waals surface area contributed by atoms with E-state index >= 15 is 0 Å². The summed E-state index contributed by atoms with van der Waals surface area (Å²) < 4.78 is 33.3. The lowest BCUT2D eigenvalue weighted by Gasteiger charge is -2.33. The number of pyridine rings is 2. The minimum Gasteiger partial charge on any atom is -0.422 e. The van der Waals surface area contributed by atoms with Gasteiger partial charge in [-0.15, -0.1) is 0 Å². The number of halogens is 2. The monoisotopic (exact) mass is 468 g/mol. The molecule has 10 heteroatoms. The minimum absolute atomic E-state index is 0.0300. The Bertz CT molecular complexity index is 1290. The molecule has 5 heterocycles. The van der Waals surface area contributed by atoms with E-state index in [0.717, 1.165) is 11.3 Å². The zero-order chi connectivity index (χ0) is 23.7. The number of anilines is 2. The minimum atomic E-state index is -2.55. The summed E-state index contributed by atoms with van der Waals surface area (Å²) in [5, 5.41) is 0. The van der Waals surface area contributed by atoms with Crippen LogP contribution in [0.4, 0.5) is 20.6 Å². The number of carbonyl (C=O) groups is 1. The average molecular weight is 469 g/mol. The van der Waals surface area contributed by atoms with Gasteiger partial charge in [-0.05, 0) is 44.0 Å². The molecule has 0 radical (unpaired) electrons. The molecule has 3 aliphatic rings. The highest BCUT2D eigenvalue weighted by atomic mass is 19.3. The molecule has 34 heavy (non-hydrogen) atoms. The molecule has 3 fully saturated rings. The first-order valence-corrected chi connectivity index (χ1v) is 11.6. The molecule has 0 bridgehead atoms. The number of piperazine rings is 1. The maximum absolute atomic E-state index is 13.8. The van der Waals surface area contributed by atoms with E-state index in [2.05, 4.69) is 15.0 Å². The Kier molecular flexibility index (Phi) is 4.59. The summed E-state index contributed by atoms with van der Waals surface area (Å²) in [5.41, 5.74) is 2.59. The van der Waals surface area contributed by atoms with Crippen LogP contribution in [0.15, 0.2) is 28.8 Å². The number of nitrogens with zero attached hydrogens (tertiary/aromatic N) is 6. The smallest absolute Gasteiger partial charge is 0.300 e. The summed E-state index contributed by atoms with van der Waals surface area (Å²) in [7, 11) is 0. The van der Waals surface area contributed by atoms with Crippen LogP contribution >= 0.6 is 0 Å². The maximum Gasteiger partial charge on any atom is 0.300 e. The van der Waals surface area contributed by atoms with Gasteiger partial charge >= 0.3 is 0 Å². The first-order chi connectivity index (χ1) is 16.2. The molecule has 6 rings (SSSR count). The van der Waals surface area contributed by atoms with E-state index in [1.54, 1.807) is 11.1 Å². The molecule has 1 amide bonds. The van der Waals surface area contributed by atoms with Crippen molar-refractivity contribution in [1.29, 1.82) is 0 Å². The van der Waals surface area contributed by atoms with Crippen molar-refractivity contribution in [3.63, 3.8) is 0 Å². The Morgan fingerprint density at radius 1 is 1.06 bits per heavy atom. The van der Waals surface area contributed by atoms with E-state index in [4.69, 9.17) is 4.42 Å². The number of hydrogen-bond acceptors (Lipinski definition) is 7. The molecule has 178 valence electrons. The third-order valence-corrected chi connectivity index (χ3v) is 7.38. The standard InChI is InChI=1S/C24H26F2N6O2/c1-15-11-17(12-27-20(15)32-6-5-23(14-32)13-24(23,25)26)21(33)30-7-9-31(10-8-30)22-29-19-18(34-22)4-3-16(2)28-19/h3-4,11-12H,5-10,13-14H2,1-2H3. The van der Waals surface area contributed by atoms with Crippen LogP contribution in [0, 0.1) is 19.3 Å². The Morgan fingerprint density at radius 3 is 2.50 bits per heavy atom. The number of aromatic nitrogens is 3. The van der Waals surface area contributed by atoms with Gasteiger partial charge in [0.25, 0.3) is 17.8 Å². The van der Waals surface area contributed by atoms with Gasteiger partial charge in [0.15, 0.2) is 5.58 Å². The second-order valence-corrected chi connectivity index (χ2v) is 9.75. The molecule has 3 aromatic heterocycles. The van der Waals surface area contributed by atoms with E-state index in [1.165, 1.54) is 0 Å². The summed E-state index contributed by atoms with van der Waals surface area (Å²) >= 11 is 0. The summed E-state index contributed by atoms with van der Waals surface area (Å²) in [6.07, 6.45) is 2.03. The molecule has 2 saturated heterocycles. The van der Waals surface area contributed by atoms with E-state index in [0.29, 0.717) is 74.3 Å². The van der Waals surface area contributed by atoms with Gasteiger partial charge in [0.2, 0.25) is 5.65 Å². The van der Waals surface area contributed by atoms with Crippen LogP contribution in [0.3, 0.4) is 0 Å². The number of oxazole rings is 1. The lowest BCUT2D eigenvalue weighted by molar-refractivity contribution is 0.0710. The Balaban J connectivity index is 1.11. The quantitative estimate of drug-likeness (QED) is 0.583. The molecule has 1 spiro atoms. The van der Waals surface area contributed by atoms with Crippen molar-refractivity contribution in [2.45, 2.75) is 32.6 Å². The molecular weight excluding hydrogens is 442 g/mol. The first kappa shape index (κ1) is 21.2. The van der Waals surface area contributed by atoms with Crippen LogP contribution in [0.25, 0.3) is 11.2 Å². The summed E-state index contributed by atoms with van der Waals surface area (Å²) in [5.74, 6) is -1.94. The fraction of sp³-hybridized carbons (Fsp3) is 0.500. The fourth-order valence-corrected chi connectivity index (χ4v) is 5.21. The molecule has 1 atom stereocenters. The van der Waals surface area contributed by atoms with Crippen LogP contribution in [-0.2, 0) is 0 Å². The van der Waals surface area contributed by atoms with Crippen molar-refractivity contribution < 1.29 is 18.0 Å². The maximum atomic E-state index is 13.8. The third-order valence-electron chi connectivity index (χ3n) is 7.38. The van der Waals surface area contributed by atoms with Gasteiger partial charge in [-0.3, -0.25) is 4.79 Å². The average Bonchev–Trinajstić information content (AvgIpc) is 3.17. The highest BCUT2D eigenvalue weighted by Crippen LogP contribution is 2.65. The lowest BCUT2D eigenvalue weighted by atomic mass is 10.1. The Labute approximate surface area is 195 Å². The number of rotatable bonds is 3. The lowest BCUT2D eigenvalue weighted by Crippen LogP contribution is -2.49. The number of carbonyl (C=O) groups excluding carboxylic acids is 1. The molecule has 3 aromatic rings. The number of alkyl halides is 2. The second-order valence-electron chi connectivity index (χ2n) is 9.75. The fourth-order valence-electron chi connectivity index (χ4n) is 5.21. The van der Waals surface area contributed by atoms with Crippen molar-refractivity contribution in [1.82, 2.24) is 19.9 Å². The summed E-state index contributed by atoms with van der Waals surface area (Å²) in [4.78, 5) is 32.2. The van der Waals surface area contributed by atoms with Crippen molar-refractivity contribution in [2.24, 2.45) is 5.41 Å². The number of amides is 1. The van der Waals surface area contributed by atoms with Gasteiger partial charge in [0.05, 0.1) is 11.0 Å². The highest BCUT2D eigenvalue weighted by Gasteiger charge is 2.72. The number of hydrogen-bond donors (Lipinski definition) is 0. The van der Waals surface area contributed by atoms with E-state index in [9.17, 15) is 13.6 Å². The predicted molar refractivity (Wildman–Crippen MR) is 122 cm³/mol. The molecule has 1 saturated carbocycles. The molecule has 2 aliphatic heterocycles. The van der Waals surface area contributed by atoms with Crippen molar-refractivity contribution in [3.8, 4) is 0 Å². The normalized spacial score (nSPS) is 23.8. The molecule has 0 aromatic carbocycles. The van der Waals surface area contributed by atoms with Crippen LogP contribution in [0.5, 0.6) is 0 Å². The third kappa shape index (κ3) is 3.38.